The number of carbonyl (C=O) groups is 1. The number of ether oxygens (including phenoxy) is 2. The summed E-state index contributed by atoms with van der Waals surface area (Å²) in [5, 5.41) is 8.87. The van der Waals surface area contributed by atoms with Crippen LogP contribution < -0.4 is 4.74 Å². The van der Waals surface area contributed by atoms with Crippen LogP contribution in [0.3, 0.4) is 0 Å². The third-order valence-corrected chi connectivity index (χ3v) is 2.18. The average molecular weight is 256 g/mol. The second-order valence-electron chi connectivity index (χ2n) is 3.24. The van der Waals surface area contributed by atoms with Crippen molar-refractivity contribution < 1.29 is 23.0 Å². The highest BCUT2D eigenvalue weighted by atomic mass is 19.3. The summed E-state index contributed by atoms with van der Waals surface area (Å²) in [6, 6.07) is 2.90. The lowest BCUT2D eigenvalue weighted by Gasteiger charge is -2.10. The number of rotatable bonds is 4. The lowest BCUT2D eigenvalue weighted by Crippen LogP contribution is -2.10. The summed E-state index contributed by atoms with van der Waals surface area (Å²) in [5.74, 6) is -0.848. The molecule has 0 unspecified atom stereocenters. The quantitative estimate of drug-likeness (QED) is 0.765. The molecule has 1 aromatic rings. The van der Waals surface area contributed by atoms with Crippen molar-refractivity contribution in [2.24, 2.45) is 0 Å². The molecular weight excluding hydrogens is 246 g/mol. The minimum Gasteiger partial charge on any atom is -0.495 e. The largest absolute Gasteiger partial charge is 0.495 e. The Hall–Kier alpha value is -2.23. The molecular formula is C11H10F2N2O3. The van der Waals surface area contributed by atoms with E-state index in [0.717, 1.165) is 13.2 Å². The van der Waals surface area contributed by atoms with Crippen molar-refractivity contribution >= 4 is 5.97 Å². The first-order valence-corrected chi connectivity index (χ1v) is 4.86. The van der Waals surface area contributed by atoms with Crippen molar-refractivity contribution in [2.45, 2.75) is 12.8 Å². The molecule has 0 radical (unpaired) electrons. The normalized spacial score (nSPS) is 10.0. The number of methoxy groups -OCH3 is 2. The molecule has 0 bridgehead atoms. The fourth-order valence-electron chi connectivity index (χ4n) is 1.31. The van der Waals surface area contributed by atoms with Crippen LogP contribution in [0.25, 0.3) is 0 Å². The third-order valence-electron chi connectivity index (χ3n) is 2.18. The van der Waals surface area contributed by atoms with Crippen LogP contribution in [0.5, 0.6) is 5.75 Å². The number of aromatic nitrogens is 1. The van der Waals surface area contributed by atoms with Crippen LogP contribution in [0.1, 0.15) is 23.4 Å². The molecule has 0 spiro atoms. The van der Waals surface area contributed by atoms with Crippen LogP contribution in [-0.4, -0.2) is 25.2 Å². The first-order valence-electron chi connectivity index (χ1n) is 4.86. The number of esters is 1. The maximum atomic E-state index is 12.7. The van der Waals surface area contributed by atoms with E-state index in [1.54, 1.807) is 6.07 Å². The smallest absolute Gasteiger partial charge is 0.311 e. The number of pyridine rings is 1. The van der Waals surface area contributed by atoms with E-state index in [9.17, 15) is 13.6 Å². The van der Waals surface area contributed by atoms with Gasteiger partial charge in [-0.3, -0.25) is 4.79 Å². The Morgan fingerprint density at radius 3 is 2.67 bits per heavy atom. The summed E-state index contributed by atoms with van der Waals surface area (Å²) in [4.78, 5) is 14.7. The van der Waals surface area contributed by atoms with Gasteiger partial charge >= 0.3 is 5.97 Å². The van der Waals surface area contributed by atoms with Gasteiger partial charge in [0.1, 0.15) is 17.5 Å². The standard InChI is InChI=1S/C11H10F2N2O3/c1-17-8-3-6(5-14)7(4-9(16)18-2)15-10(8)11(12)13/h3,11H,4H2,1-2H3. The molecule has 18 heavy (non-hydrogen) atoms. The first kappa shape index (κ1) is 13.8. The van der Waals surface area contributed by atoms with Gasteiger partial charge in [0.2, 0.25) is 0 Å². The second kappa shape index (κ2) is 5.91. The number of nitriles is 1. The van der Waals surface area contributed by atoms with Crippen LogP contribution in [0.4, 0.5) is 8.78 Å². The monoisotopic (exact) mass is 256 g/mol. The third kappa shape index (κ3) is 2.91. The van der Waals surface area contributed by atoms with E-state index in [0.29, 0.717) is 0 Å². The molecule has 0 fully saturated rings. The molecule has 1 aromatic heterocycles. The van der Waals surface area contributed by atoms with Gasteiger partial charge in [0.25, 0.3) is 6.43 Å². The van der Waals surface area contributed by atoms with Crippen molar-refractivity contribution in [3.63, 3.8) is 0 Å². The topological polar surface area (TPSA) is 72.2 Å². The van der Waals surface area contributed by atoms with Crippen LogP contribution in [0.2, 0.25) is 0 Å². The zero-order valence-corrected chi connectivity index (χ0v) is 9.74. The summed E-state index contributed by atoms with van der Waals surface area (Å²) in [6.07, 6.45) is -3.20. The molecule has 0 aliphatic rings. The predicted octanol–water partition coefficient (Wildman–Crippen LogP) is 1.61. The fraction of sp³-hybridized carbons (Fsp3) is 0.364. The molecule has 0 aromatic carbocycles. The summed E-state index contributed by atoms with van der Waals surface area (Å²) in [7, 11) is 2.36. The van der Waals surface area contributed by atoms with E-state index in [-0.39, 0.29) is 23.4 Å². The Morgan fingerprint density at radius 1 is 1.56 bits per heavy atom. The molecule has 1 rings (SSSR count). The number of nitrogens with zero attached hydrogens (tertiary/aromatic N) is 2. The van der Waals surface area contributed by atoms with Gasteiger partial charge in [0.05, 0.1) is 31.9 Å². The molecule has 0 saturated carbocycles. The average Bonchev–Trinajstić information content (AvgIpc) is 2.37. The molecule has 0 aliphatic heterocycles. The summed E-state index contributed by atoms with van der Waals surface area (Å²) < 4.78 is 34.5. The SMILES string of the molecule is COC(=O)Cc1nc(C(F)F)c(OC)cc1C#N. The molecule has 0 saturated heterocycles. The van der Waals surface area contributed by atoms with Crippen molar-refractivity contribution in [3.05, 3.63) is 23.0 Å². The summed E-state index contributed by atoms with van der Waals surface area (Å²) >= 11 is 0. The zero-order chi connectivity index (χ0) is 13.7. The van der Waals surface area contributed by atoms with Gasteiger partial charge in [-0.15, -0.1) is 0 Å². The van der Waals surface area contributed by atoms with Gasteiger partial charge < -0.3 is 9.47 Å². The van der Waals surface area contributed by atoms with Crippen molar-refractivity contribution in [1.29, 1.82) is 5.26 Å². The number of hydrogen-bond donors (Lipinski definition) is 0. The van der Waals surface area contributed by atoms with Crippen LogP contribution in [-0.2, 0) is 16.0 Å². The number of hydrogen-bond acceptors (Lipinski definition) is 5. The number of alkyl halides is 2. The highest BCUT2D eigenvalue weighted by Gasteiger charge is 2.21. The molecule has 1 heterocycles. The van der Waals surface area contributed by atoms with Crippen molar-refractivity contribution in [1.82, 2.24) is 4.98 Å². The van der Waals surface area contributed by atoms with E-state index in [2.05, 4.69) is 9.72 Å². The van der Waals surface area contributed by atoms with Crippen molar-refractivity contribution in [2.75, 3.05) is 14.2 Å². The van der Waals surface area contributed by atoms with Gasteiger partial charge in [0.15, 0.2) is 0 Å². The predicted molar refractivity (Wildman–Crippen MR) is 56.2 cm³/mol. The van der Waals surface area contributed by atoms with E-state index in [1.807, 2.05) is 0 Å². The van der Waals surface area contributed by atoms with Gasteiger partial charge in [0, 0.05) is 6.07 Å². The minimum atomic E-state index is -2.86. The van der Waals surface area contributed by atoms with E-state index in [1.165, 1.54) is 7.11 Å². The molecule has 5 nitrogen and oxygen atoms in total. The molecule has 7 heteroatoms. The maximum Gasteiger partial charge on any atom is 0.311 e. The van der Waals surface area contributed by atoms with Gasteiger partial charge in [-0.1, -0.05) is 0 Å². The Labute approximate surface area is 102 Å². The first-order chi connectivity index (χ1) is 8.53. The van der Waals surface area contributed by atoms with Crippen molar-refractivity contribution in [3.8, 4) is 11.8 Å². The second-order valence-corrected chi connectivity index (χ2v) is 3.24. The fourth-order valence-corrected chi connectivity index (χ4v) is 1.31. The van der Waals surface area contributed by atoms with E-state index >= 15 is 0 Å². The highest BCUT2D eigenvalue weighted by molar-refractivity contribution is 5.72. The molecule has 0 atom stereocenters. The van der Waals surface area contributed by atoms with Crippen LogP contribution in [0.15, 0.2) is 6.07 Å². The molecule has 0 N–H and O–H groups in total. The molecule has 0 aliphatic carbocycles. The number of carbonyl (C=O) groups excluding carboxylic acids is 1. The molecule has 96 valence electrons. The van der Waals surface area contributed by atoms with Gasteiger partial charge in [-0.25, -0.2) is 13.8 Å². The summed E-state index contributed by atoms with van der Waals surface area (Å²) in [6.45, 7) is 0. The number of halogens is 2. The Morgan fingerprint density at radius 2 is 2.22 bits per heavy atom. The lowest BCUT2D eigenvalue weighted by molar-refractivity contribution is -0.139. The lowest BCUT2D eigenvalue weighted by atomic mass is 10.1. The van der Waals surface area contributed by atoms with Crippen LogP contribution >= 0.6 is 0 Å². The Balaban J connectivity index is 3.28. The zero-order valence-electron chi connectivity index (χ0n) is 9.74. The van der Waals surface area contributed by atoms with E-state index < -0.39 is 18.1 Å². The van der Waals surface area contributed by atoms with Gasteiger partial charge in [-0.05, 0) is 0 Å². The Kier molecular flexibility index (Phi) is 4.54. The van der Waals surface area contributed by atoms with Gasteiger partial charge in [-0.2, -0.15) is 5.26 Å². The Bertz CT molecular complexity index is 498. The highest BCUT2D eigenvalue weighted by Crippen LogP contribution is 2.29. The van der Waals surface area contributed by atoms with E-state index in [4.69, 9.17) is 10.00 Å². The van der Waals surface area contributed by atoms with Crippen LogP contribution in [0, 0.1) is 11.3 Å². The maximum absolute atomic E-state index is 12.7. The molecule has 0 amide bonds. The summed E-state index contributed by atoms with van der Waals surface area (Å²) in [5.41, 5.74) is -0.655. The minimum absolute atomic E-state index is 0.00153.